The van der Waals surface area contributed by atoms with Crippen molar-refractivity contribution >= 4 is 17.6 Å². The summed E-state index contributed by atoms with van der Waals surface area (Å²) in [5, 5.41) is 2.16. The first-order chi connectivity index (χ1) is 20.9. The van der Waals surface area contributed by atoms with Gasteiger partial charge in [-0.3, -0.25) is 9.69 Å². The van der Waals surface area contributed by atoms with E-state index in [1.807, 2.05) is 18.2 Å². The topological polar surface area (TPSA) is 78.3 Å². The largest absolute Gasteiger partial charge is 0.467 e. The average molecular weight is 627 g/mol. The summed E-state index contributed by atoms with van der Waals surface area (Å²) in [6.45, 7) is 2.75. The first-order valence-corrected chi connectivity index (χ1v) is 13.9. The van der Waals surface area contributed by atoms with E-state index in [0.717, 1.165) is 10.5 Å². The Morgan fingerprint density at radius 1 is 0.841 bits per heavy atom. The number of morpholine rings is 1. The van der Waals surface area contributed by atoms with Crippen molar-refractivity contribution in [1.29, 1.82) is 0 Å². The Morgan fingerprint density at radius 3 is 2.09 bits per heavy atom. The molecule has 1 N–H and O–H groups in total. The van der Waals surface area contributed by atoms with Crippen molar-refractivity contribution in [3.63, 3.8) is 0 Å². The van der Waals surface area contributed by atoms with Crippen molar-refractivity contribution in [2.75, 3.05) is 51.3 Å². The third kappa shape index (κ3) is 9.74. The third-order valence-electron chi connectivity index (χ3n) is 6.95. The van der Waals surface area contributed by atoms with Gasteiger partial charge in [0.1, 0.15) is 12.3 Å². The summed E-state index contributed by atoms with van der Waals surface area (Å²) in [5.41, 5.74) is -3.02. The molecule has 0 spiro atoms. The van der Waals surface area contributed by atoms with Gasteiger partial charge in [-0.1, -0.05) is 30.3 Å². The zero-order valence-electron chi connectivity index (χ0n) is 23.7. The molecule has 3 aromatic rings. The van der Waals surface area contributed by atoms with E-state index in [4.69, 9.17) is 9.15 Å². The van der Waals surface area contributed by atoms with E-state index in [1.54, 1.807) is 24.3 Å². The standard InChI is InChI=1S/C30H32F6N4O4/c31-29(32,33)23-16-24(30(34,35)36)18-25(17-23)37-28(42)39(10-5-9-38-11-14-43-15-12-38)21-27(41)40(20-26-8-4-13-44-26)19-22-6-2-1-3-7-22/h1-4,6-8,13,16-18H,5,9-12,14-15,19-21H2,(H,37,42). The first-order valence-electron chi connectivity index (χ1n) is 13.9. The summed E-state index contributed by atoms with van der Waals surface area (Å²) >= 11 is 0. The summed E-state index contributed by atoms with van der Waals surface area (Å²) in [5.74, 6) is -0.00644. The highest BCUT2D eigenvalue weighted by atomic mass is 19.4. The molecule has 238 valence electrons. The Balaban J connectivity index is 1.55. The molecule has 2 heterocycles. The van der Waals surface area contributed by atoms with Crippen LogP contribution in [0, 0.1) is 0 Å². The van der Waals surface area contributed by atoms with Crippen molar-refractivity contribution in [2.24, 2.45) is 0 Å². The van der Waals surface area contributed by atoms with Crippen LogP contribution in [0.3, 0.4) is 0 Å². The number of benzene rings is 2. The minimum Gasteiger partial charge on any atom is -0.467 e. The summed E-state index contributed by atoms with van der Waals surface area (Å²) in [6, 6.07) is 12.3. The van der Waals surface area contributed by atoms with Gasteiger partial charge in [0.05, 0.1) is 37.1 Å². The summed E-state index contributed by atoms with van der Waals surface area (Å²) in [4.78, 5) is 31.6. The minimum absolute atomic E-state index is 0.0138. The molecular formula is C30H32F6N4O4. The molecule has 2 aromatic carbocycles. The number of hydrogen-bond acceptors (Lipinski definition) is 5. The average Bonchev–Trinajstić information content (AvgIpc) is 3.49. The number of carbonyl (C=O) groups excluding carboxylic acids is 2. The second kappa shape index (κ2) is 14.6. The number of urea groups is 1. The molecule has 0 bridgehead atoms. The highest BCUT2D eigenvalue weighted by Gasteiger charge is 2.37. The quantitative estimate of drug-likeness (QED) is 0.260. The maximum atomic E-state index is 13.6. The predicted octanol–water partition coefficient (Wildman–Crippen LogP) is 6.10. The number of hydrogen-bond donors (Lipinski definition) is 1. The van der Waals surface area contributed by atoms with Crippen molar-refractivity contribution < 1.29 is 45.1 Å². The smallest absolute Gasteiger partial charge is 0.416 e. The number of ether oxygens (including phenoxy) is 1. The number of furan rings is 1. The highest BCUT2D eigenvalue weighted by Crippen LogP contribution is 2.37. The van der Waals surface area contributed by atoms with Gasteiger partial charge in [0, 0.05) is 38.4 Å². The fourth-order valence-corrected chi connectivity index (χ4v) is 4.68. The van der Waals surface area contributed by atoms with Gasteiger partial charge in [-0.15, -0.1) is 0 Å². The van der Waals surface area contributed by atoms with Crippen LogP contribution in [0.4, 0.5) is 36.8 Å². The fourth-order valence-electron chi connectivity index (χ4n) is 4.68. The van der Waals surface area contributed by atoms with E-state index in [0.29, 0.717) is 57.2 Å². The van der Waals surface area contributed by atoms with E-state index < -0.39 is 47.6 Å². The Labute approximate surface area is 250 Å². The second-order valence-corrected chi connectivity index (χ2v) is 10.3. The third-order valence-corrected chi connectivity index (χ3v) is 6.95. The number of rotatable bonds is 11. The van der Waals surface area contributed by atoms with E-state index in [2.05, 4.69) is 10.2 Å². The van der Waals surface area contributed by atoms with Crippen LogP contribution in [-0.2, 0) is 35.0 Å². The molecule has 0 atom stereocenters. The lowest BCUT2D eigenvalue weighted by Gasteiger charge is -2.30. The molecule has 1 aliphatic rings. The number of nitrogens with one attached hydrogen (secondary N) is 1. The molecular weight excluding hydrogens is 594 g/mol. The van der Waals surface area contributed by atoms with Gasteiger partial charge in [0.15, 0.2) is 0 Å². The van der Waals surface area contributed by atoms with Crippen molar-refractivity contribution in [2.45, 2.75) is 31.9 Å². The molecule has 0 saturated carbocycles. The van der Waals surface area contributed by atoms with Gasteiger partial charge in [-0.05, 0) is 42.3 Å². The fraction of sp³-hybridized carbons (Fsp3) is 0.400. The number of halogens is 6. The lowest BCUT2D eigenvalue weighted by Crippen LogP contribution is -2.45. The molecule has 1 aliphatic heterocycles. The van der Waals surface area contributed by atoms with Gasteiger partial charge in [-0.25, -0.2) is 4.79 Å². The minimum atomic E-state index is -5.08. The van der Waals surface area contributed by atoms with Crippen LogP contribution in [0.1, 0.15) is 28.9 Å². The van der Waals surface area contributed by atoms with Crippen LogP contribution >= 0.6 is 0 Å². The van der Waals surface area contributed by atoms with Gasteiger partial charge in [0.25, 0.3) is 0 Å². The zero-order chi connectivity index (χ0) is 31.7. The molecule has 0 unspecified atom stereocenters. The van der Waals surface area contributed by atoms with Gasteiger partial charge in [-0.2, -0.15) is 26.3 Å². The lowest BCUT2D eigenvalue weighted by molar-refractivity contribution is -0.143. The molecule has 44 heavy (non-hydrogen) atoms. The zero-order valence-corrected chi connectivity index (χ0v) is 23.7. The van der Waals surface area contributed by atoms with Crippen LogP contribution in [0.25, 0.3) is 0 Å². The monoisotopic (exact) mass is 626 g/mol. The van der Waals surface area contributed by atoms with Crippen LogP contribution in [0.15, 0.2) is 71.3 Å². The highest BCUT2D eigenvalue weighted by molar-refractivity contribution is 5.92. The number of amides is 3. The summed E-state index contributed by atoms with van der Waals surface area (Å²) in [7, 11) is 0. The van der Waals surface area contributed by atoms with Crippen LogP contribution in [-0.4, -0.2) is 72.6 Å². The first kappa shape index (κ1) is 32.9. The van der Waals surface area contributed by atoms with Crippen LogP contribution in [0.5, 0.6) is 0 Å². The van der Waals surface area contributed by atoms with Crippen molar-refractivity contribution in [3.8, 4) is 0 Å². The summed E-state index contributed by atoms with van der Waals surface area (Å²) < 4.78 is 91.2. The Kier molecular flexibility index (Phi) is 10.9. The van der Waals surface area contributed by atoms with Gasteiger partial charge >= 0.3 is 18.4 Å². The molecule has 1 aromatic heterocycles. The van der Waals surface area contributed by atoms with Crippen molar-refractivity contribution in [3.05, 3.63) is 89.4 Å². The van der Waals surface area contributed by atoms with E-state index in [1.165, 1.54) is 11.2 Å². The Hall–Kier alpha value is -4.04. The van der Waals surface area contributed by atoms with Gasteiger partial charge < -0.3 is 24.3 Å². The SMILES string of the molecule is O=C(CN(CCCN1CCOCC1)C(=O)Nc1cc(C(F)(F)F)cc(C(F)(F)F)c1)N(Cc1ccccc1)Cc1ccco1. The molecule has 8 nitrogen and oxygen atoms in total. The van der Waals surface area contributed by atoms with Crippen molar-refractivity contribution in [1.82, 2.24) is 14.7 Å². The number of carbonyl (C=O) groups is 2. The number of alkyl halides is 6. The van der Waals surface area contributed by atoms with Gasteiger partial charge in [0.2, 0.25) is 5.91 Å². The van der Waals surface area contributed by atoms with E-state index in [9.17, 15) is 35.9 Å². The number of anilines is 1. The Morgan fingerprint density at radius 2 is 1.50 bits per heavy atom. The molecule has 0 aliphatic carbocycles. The van der Waals surface area contributed by atoms with E-state index in [-0.39, 0.29) is 25.7 Å². The normalized spacial score (nSPS) is 14.3. The lowest BCUT2D eigenvalue weighted by atomic mass is 10.1. The second-order valence-electron chi connectivity index (χ2n) is 10.3. The summed E-state index contributed by atoms with van der Waals surface area (Å²) in [6.07, 6.45) is -8.32. The molecule has 3 amide bonds. The Bertz CT molecular complexity index is 1330. The molecule has 1 fully saturated rings. The number of nitrogens with zero attached hydrogens (tertiary/aromatic N) is 3. The molecule has 0 radical (unpaired) electrons. The molecule has 14 heteroatoms. The molecule has 1 saturated heterocycles. The predicted molar refractivity (Wildman–Crippen MR) is 148 cm³/mol. The van der Waals surface area contributed by atoms with Crippen LogP contribution in [0.2, 0.25) is 0 Å². The molecule has 4 rings (SSSR count). The van der Waals surface area contributed by atoms with Crippen LogP contribution < -0.4 is 5.32 Å². The maximum absolute atomic E-state index is 13.6. The van der Waals surface area contributed by atoms with E-state index >= 15 is 0 Å². The maximum Gasteiger partial charge on any atom is 0.416 e.